The lowest BCUT2D eigenvalue weighted by Crippen LogP contribution is -3.00. The Bertz CT molecular complexity index is 421. The molecule has 1 fully saturated rings. The molecule has 1 aromatic carbocycles. The van der Waals surface area contributed by atoms with Gasteiger partial charge in [0.15, 0.2) is 0 Å². The highest BCUT2D eigenvalue weighted by Crippen LogP contribution is 2.42. The van der Waals surface area contributed by atoms with Crippen molar-refractivity contribution >= 4 is 0 Å². The Morgan fingerprint density at radius 3 is 2.94 bits per heavy atom. The van der Waals surface area contributed by atoms with Crippen molar-refractivity contribution in [1.29, 1.82) is 0 Å². The van der Waals surface area contributed by atoms with Crippen LogP contribution in [0.25, 0.3) is 0 Å². The molecule has 2 aliphatic rings. The third-order valence-electron chi connectivity index (χ3n) is 4.41. The van der Waals surface area contributed by atoms with E-state index in [1.54, 1.807) is 0 Å². The number of phenols is 1. The molecule has 0 amide bonds. The second-order valence-corrected chi connectivity index (χ2v) is 5.42. The van der Waals surface area contributed by atoms with E-state index in [0.29, 0.717) is 11.7 Å². The average molecular weight is 311 g/mol. The van der Waals surface area contributed by atoms with Crippen molar-refractivity contribution in [3.8, 4) is 5.75 Å². The first-order valence-corrected chi connectivity index (χ1v) is 6.85. The highest BCUT2D eigenvalue weighted by molar-refractivity contribution is 5.40. The monoisotopic (exact) mass is 310 g/mol. The normalized spacial score (nSPS) is 26.3. The van der Waals surface area contributed by atoms with E-state index in [1.807, 2.05) is 12.1 Å². The molecule has 1 aromatic rings. The Labute approximate surface area is 120 Å². The van der Waals surface area contributed by atoms with Crippen molar-refractivity contribution in [2.45, 2.75) is 44.6 Å². The average Bonchev–Trinajstić information content (AvgIpc) is 2.73. The number of rotatable bonds is 2. The maximum Gasteiger partial charge on any atom is 0.115 e. The molecule has 1 N–H and O–H groups in total. The standard InChI is InChI=1S/C15H21NO.BrH/c1-2-8-16-9-7-13-14-10-12(17)5-3-11(14)4-6-15(13)16;/h3,5,10,13,15,17H,2,4,6-9H2,1H3;1H/p-1/t13-,15+;/m1./s1. The number of hydrogen-bond donors (Lipinski definition) is 1. The van der Waals surface area contributed by atoms with Gasteiger partial charge in [0.2, 0.25) is 0 Å². The maximum atomic E-state index is 9.66. The Morgan fingerprint density at radius 2 is 2.17 bits per heavy atom. The molecule has 100 valence electrons. The Hall–Kier alpha value is -0.540. The fourth-order valence-electron chi connectivity index (χ4n) is 3.69. The smallest absolute Gasteiger partial charge is 0.115 e. The Kier molecular flexibility index (Phi) is 4.33. The van der Waals surface area contributed by atoms with Crippen molar-refractivity contribution in [2.24, 2.45) is 0 Å². The predicted octanol–water partition coefficient (Wildman–Crippen LogP) is -0.0897. The van der Waals surface area contributed by atoms with E-state index in [4.69, 9.17) is 0 Å². The van der Waals surface area contributed by atoms with E-state index < -0.39 is 0 Å². The van der Waals surface area contributed by atoms with Gasteiger partial charge in [-0.05, 0) is 62.0 Å². The molecule has 1 saturated heterocycles. The molecule has 0 spiro atoms. The molecule has 1 aliphatic carbocycles. The van der Waals surface area contributed by atoms with Crippen LogP contribution in [0.1, 0.15) is 43.2 Å². The Morgan fingerprint density at radius 1 is 1.33 bits per heavy atom. The highest BCUT2D eigenvalue weighted by atomic mass is 79.9. The molecule has 1 aliphatic heterocycles. The maximum absolute atomic E-state index is 9.66. The van der Waals surface area contributed by atoms with Crippen molar-refractivity contribution in [3.63, 3.8) is 0 Å². The molecule has 1 heterocycles. The van der Waals surface area contributed by atoms with E-state index in [9.17, 15) is 5.11 Å². The van der Waals surface area contributed by atoms with E-state index in [1.165, 1.54) is 49.9 Å². The second-order valence-electron chi connectivity index (χ2n) is 5.42. The van der Waals surface area contributed by atoms with Gasteiger partial charge in [0, 0.05) is 12.0 Å². The SMILES string of the molecule is CCCN1CC[C@@H]2c3cc(O)ccc3CC[C@@H]21.[Br-]. The van der Waals surface area contributed by atoms with Crippen LogP contribution in [0.3, 0.4) is 0 Å². The molecule has 3 rings (SSSR count). The van der Waals surface area contributed by atoms with Crippen LogP contribution in [-0.4, -0.2) is 29.1 Å². The van der Waals surface area contributed by atoms with E-state index >= 15 is 0 Å². The van der Waals surface area contributed by atoms with Crippen LogP contribution in [0.2, 0.25) is 0 Å². The quantitative estimate of drug-likeness (QED) is 0.825. The summed E-state index contributed by atoms with van der Waals surface area (Å²) in [7, 11) is 0. The molecule has 0 bridgehead atoms. The molecular formula is C15H21BrNO-. The molecule has 0 saturated carbocycles. The van der Waals surface area contributed by atoms with Crippen LogP contribution in [0.15, 0.2) is 18.2 Å². The topological polar surface area (TPSA) is 23.5 Å². The number of halogens is 1. The minimum absolute atomic E-state index is 0. The van der Waals surface area contributed by atoms with Gasteiger partial charge in [0.1, 0.15) is 5.75 Å². The lowest BCUT2D eigenvalue weighted by Gasteiger charge is -2.33. The molecule has 0 radical (unpaired) electrons. The fraction of sp³-hybridized carbons (Fsp3) is 0.600. The molecule has 0 aromatic heterocycles. The number of aryl methyl sites for hydroxylation is 1. The lowest BCUT2D eigenvalue weighted by atomic mass is 9.79. The summed E-state index contributed by atoms with van der Waals surface area (Å²) in [4.78, 5) is 2.65. The van der Waals surface area contributed by atoms with Crippen molar-refractivity contribution in [3.05, 3.63) is 29.3 Å². The third-order valence-corrected chi connectivity index (χ3v) is 4.41. The summed E-state index contributed by atoms with van der Waals surface area (Å²) in [5.74, 6) is 1.09. The van der Waals surface area contributed by atoms with Gasteiger partial charge in [-0.25, -0.2) is 0 Å². The van der Waals surface area contributed by atoms with Crippen LogP contribution in [0.5, 0.6) is 5.75 Å². The van der Waals surface area contributed by atoms with Gasteiger partial charge in [-0.15, -0.1) is 0 Å². The molecule has 2 nitrogen and oxygen atoms in total. The number of fused-ring (bicyclic) bond motifs is 3. The third kappa shape index (κ3) is 2.30. The van der Waals surface area contributed by atoms with Gasteiger partial charge in [-0.1, -0.05) is 13.0 Å². The van der Waals surface area contributed by atoms with Gasteiger partial charge in [-0.3, -0.25) is 4.90 Å². The summed E-state index contributed by atoms with van der Waals surface area (Å²) < 4.78 is 0. The number of nitrogens with zero attached hydrogens (tertiary/aromatic N) is 1. The van der Waals surface area contributed by atoms with E-state index in [2.05, 4.69) is 17.9 Å². The Balaban J connectivity index is 0.00000120. The summed E-state index contributed by atoms with van der Waals surface area (Å²) >= 11 is 0. The largest absolute Gasteiger partial charge is 1.00 e. The number of aromatic hydroxyl groups is 1. The summed E-state index contributed by atoms with van der Waals surface area (Å²) in [5, 5.41) is 9.66. The van der Waals surface area contributed by atoms with Gasteiger partial charge < -0.3 is 22.1 Å². The molecule has 3 heteroatoms. The number of benzene rings is 1. The zero-order valence-corrected chi connectivity index (χ0v) is 12.5. The van der Waals surface area contributed by atoms with Crippen LogP contribution in [0, 0.1) is 0 Å². The molecule has 2 atom stereocenters. The van der Waals surface area contributed by atoms with Crippen molar-refractivity contribution in [2.75, 3.05) is 13.1 Å². The highest BCUT2D eigenvalue weighted by Gasteiger charge is 2.37. The van der Waals surface area contributed by atoms with Crippen LogP contribution in [0.4, 0.5) is 0 Å². The van der Waals surface area contributed by atoms with Gasteiger partial charge >= 0.3 is 0 Å². The summed E-state index contributed by atoms with van der Waals surface area (Å²) in [6.45, 7) is 4.73. The number of hydrogen-bond acceptors (Lipinski definition) is 2. The van der Waals surface area contributed by atoms with Crippen LogP contribution in [-0.2, 0) is 6.42 Å². The minimum Gasteiger partial charge on any atom is -1.00 e. The first kappa shape index (κ1) is 13.9. The van der Waals surface area contributed by atoms with Gasteiger partial charge in [0.05, 0.1) is 0 Å². The number of phenolic OH excluding ortho intramolecular Hbond substituents is 1. The molecule has 0 unspecified atom stereocenters. The van der Waals surface area contributed by atoms with Crippen LogP contribution >= 0.6 is 0 Å². The fourth-order valence-corrected chi connectivity index (χ4v) is 3.69. The summed E-state index contributed by atoms with van der Waals surface area (Å²) in [6, 6.07) is 6.67. The lowest BCUT2D eigenvalue weighted by molar-refractivity contribution is -0.00000459. The van der Waals surface area contributed by atoms with E-state index in [-0.39, 0.29) is 17.0 Å². The first-order valence-electron chi connectivity index (χ1n) is 6.85. The summed E-state index contributed by atoms with van der Waals surface area (Å²) in [5.41, 5.74) is 2.88. The number of likely N-dealkylation sites (tertiary alicyclic amines) is 1. The molecule has 18 heavy (non-hydrogen) atoms. The zero-order chi connectivity index (χ0) is 11.8. The first-order chi connectivity index (χ1) is 8.29. The molecular weight excluding hydrogens is 290 g/mol. The van der Waals surface area contributed by atoms with Gasteiger partial charge in [0.25, 0.3) is 0 Å². The van der Waals surface area contributed by atoms with Crippen molar-refractivity contribution < 1.29 is 22.1 Å². The zero-order valence-electron chi connectivity index (χ0n) is 10.9. The minimum atomic E-state index is 0. The van der Waals surface area contributed by atoms with Crippen LogP contribution < -0.4 is 17.0 Å². The van der Waals surface area contributed by atoms with Gasteiger partial charge in [-0.2, -0.15) is 0 Å². The summed E-state index contributed by atoms with van der Waals surface area (Å²) in [6.07, 6.45) is 4.98. The second kappa shape index (κ2) is 5.62. The van der Waals surface area contributed by atoms with E-state index in [0.717, 1.165) is 6.04 Å². The predicted molar refractivity (Wildman–Crippen MR) is 69.4 cm³/mol. The van der Waals surface area contributed by atoms with Crippen molar-refractivity contribution in [1.82, 2.24) is 4.90 Å².